The summed E-state index contributed by atoms with van der Waals surface area (Å²) in [5, 5.41) is 0. The van der Waals surface area contributed by atoms with E-state index in [1.54, 1.807) is 47.1 Å². The average molecular weight is 525 g/mol. The van der Waals surface area contributed by atoms with Crippen molar-refractivity contribution in [3.63, 3.8) is 0 Å². The number of carbonyl (C=O) groups excluding carboxylic acids is 3. The minimum Gasteiger partial charge on any atom is -0.466 e. The summed E-state index contributed by atoms with van der Waals surface area (Å²) < 4.78 is 11.2. The van der Waals surface area contributed by atoms with Gasteiger partial charge in [0, 0.05) is 18.7 Å². The number of anilines is 1. The summed E-state index contributed by atoms with van der Waals surface area (Å²) in [4.78, 5) is 42.3. The number of nitrogens with zero attached hydrogens (tertiary/aromatic N) is 2. The number of para-hydroxylation sites is 2. The Morgan fingerprint density at radius 3 is 2.62 bits per heavy atom. The topological polar surface area (TPSA) is 76.2 Å². The van der Waals surface area contributed by atoms with Gasteiger partial charge >= 0.3 is 5.97 Å². The van der Waals surface area contributed by atoms with Crippen molar-refractivity contribution in [3.05, 3.63) is 101 Å². The SMILES string of the molecule is CCOC(=O)C1CCCN(C(=O)c2ccc(C=C3Oc4ccccc4N(Cc4cccc(C)c4)C3=O)cc2)C1. The van der Waals surface area contributed by atoms with Gasteiger partial charge in [0.2, 0.25) is 0 Å². The fourth-order valence-corrected chi connectivity index (χ4v) is 5.08. The summed E-state index contributed by atoms with van der Waals surface area (Å²) in [7, 11) is 0. The van der Waals surface area contributed by atoms with Crippen molar-refractivity contribution in [2.24, 2.45) is 5.92 Å². The fraction of sp³-hybridized carbons (Fsp3) is 0.281. The molecule has 0 bridgehead atoms. The van der Waals surface area contributed by atoms with E-state index in [1.807, 2.05) is 49.4 Å². The van der Waals surface area contributed by atoms with Crippen LogP contribution >= 0.6 is 0 Å². The minimum atomic E-state index is -0.285. The number of hydrogen-bond acceptors (Lipinski definition) is 5. The van der Waals surface area contributed by atoms with E-state index in [0.717, 1.165) is 35.2 Å². The van der Waals surface area contributed by atoms with Gasteiger partial charge in [-0.3, -0.25) is 19.3 Å². The Bertz CT molecular complexity index is 1410. The molecule has 1 unspecified atom stereocenters. The van der Waals surface area contributed by atoms with Gasteiger partial charge in [0.1, 0.15) is 0 Å². The van der Waals surface area contributed by atoms with Crippen molar-refractivity contribution in [3.8, 4) is 5.75 Å². The fourth-order valence-electron chi connectivity index (χ4n) is 5.08. The molecule has 1 fully saturated rings. The number of aryl methyl sites for hydroxylation is 1. The first-order chi connectivity index (χ1) is 18.9. The van der Waals surface area contributed by atoms with E-state index < -0.39 is 0 Å². The summed E-state index contributed by atoms with van der Waals surface area (Å²) in [5.74, 6) is -0.0446. The number of esters is 1. The molecule has 2 aliphatic heterocycles. The van der Waals surface area contributed by atoms with Crippen LogP contribution in [-0.4, -0.2) is 42.4 Å². The van der Waals surface area contributed by atoms with E-state index >= 15 is 0 Å². The first-order valence-corrected chi connectivity index (χ1v) is 13.3. The predicted octanol–water partition coefficient (Wildman–Crippen LogP) is 5.38. The maximum absolute atomic E-state index is 13.5. The van der Waals surface area contributed by atoms with Crippen LogP contribution in [0.5, 0.6) is 5.75 Å². The van der Waals surface area contributed by atoms with Gasteiger partial charge in [-0.15, -0.1) is 0 Å². The zero-order valence-electron chi connectivity index (χ0n) is 22.3. The normalized spacial score (nSPS) is 17.9. The van der Waals surface area contributed by atoms with Gasteiger partial charge in [0.25, 0.3) is 11.8 Å². The van der Waals surface area contributed by atoms with E-state index in [0.29, 0.717) is 37.6 Å². The molecule has 200 valence electrons. The van der Waals surface area contributed by atoms with Crippen LogP contribution in [0, 0.1) is 12.8 Å². The molecule has 0 spiro atoms. The molecule has 39 heavy (non-hydrogen) atoms. The molecule has 3 aromatic rings. The number of ether oxygens (including phenoxy) is 2. The quantitative estimate of drug-likeness (QED) is 0.320. The molecule has 0 aliphatic carbocycles. The Hall–Kier alpha value is -4.39. The number of likely N-dealkylation sites (tertiary alicyclic amines) is 1. The van der Waals surface area contributed by atoms with Crippen LogP contribution in [0.3, 0.4) is 0 Å². The standard InChI is InChI=1S/C32H32N2O5/c1-3-38-32(37)26-10-7-17-33(21-26)30(35)25-15-13-23(14-16-25)19-29-31(36)34(20-24-9-6-8-22(2)18-24)27-11-4-5-12-28(27)39-29/h4-6,8-9,11-16,18-19,26H,3,7,10,17,20-21H2,1-2H3. The van der Waals surface area contributed by atoms with Crippen molar-refractivity contribution < 1.29 is 23.9 Å². The summed E-state index contributed by atoms with van der Waals surface area (Å²) in [5.41, 5.74) is 4.17. The summed E-state index contributed by atoms with van der Waals surface area (Å²) in [6.45, 7) is 5.55. The zero-order valence-corrected chi connectivity index (χ0v) is 22.3. The first kappa shape index (κ1) is 26.2. The molecule has 2 heterocycles. The molecule has 2 aliphatic rings. The molecule has 0 radical (unpaired) electrons. The van der Waals surface area contributed by atoms with Crippen molar-refractivity contribution in [1.82, 2.24) is 4.90 Å². The van der Waals surface area contributed by atoms with Gasteiger partial charge in [-0.1, -0.05) is 54.1 Å². The van der Waals surface area contributed by atoms with Gasteiger partial charge in [-0.25, -0.2) is 0 Å². The highest BCUT2D eigenvalue weighted by atomic mass is 16.5. The second kappa shape index (κ2) is 11.6. The lowest BCUT2D eigenvalue weighted by molar-refractivity contribution is -0.149. The van der Waals surface area contributed by atoms with Crippen LogP contribution in [0.4, 0.5) is 5.69 Å². The van der Waals surface area contributed by atoms with Crippen molar-refractivity contribution in [1.29, 1.82) is 0 Å². The number of amides is 2. The Morgan fingerprint density at radius 2 is 1.85 bits per heavy atom. The summed E-state index contributed by atoms with van der Waals surface area (Å²) in [6, 6.07) is 22.7. The average Bonchev–Trinajstić information content (AvgIpc) is 2.95. The third-order valence-corrected chi connectivity index (χ3v) is 7.04. The van der Waals surface area contributed by atoms with E-state index in [4.69, 9.17) is 9.47 Å². The van der Waals surface area contributed by atoms with Crippen LogP contribution in [0.1, 0.15) is 46.8 Å². The molecule has 7 heteroatoms. The van der Waals surface area contributed by atoms with E-state index in [2.05, 4.69) is 6.07 Å². The Labute approximate surface area is 228 Å². The molecule has 1 saturated heterocycles. The van der Waals surface area contributed by atoms with E-state index in [-0.39, 0.29) is 29.5 Å². The highest BCUT2D eigenvalue weighted by Gasteiger charge is 2.31. The van der Waals surface area contributed by atoms with Gasteiger partial charge in [0.15, 0.2) is 11.5 Å². The van der Waals surface area contributed by atoms with Crippen LogP contribution in [-0.2, 0) is 20.9 Å². The van der Waals surface area contributed by atoms with Gasteiger partial charge in [0.05, 0.1) is 24.8 Å². The Kier molecular flexibility index (Phi) is 7.77. The summed E-state index contributed by atoms with van der Waals surface area (Å²) >= 11 is 0. The monoisotopic (exact) mass is 524 g/mol. The van der Waals surface area contributed by atoms with Crippen LogP contribution in [0.2, 0.25) is 0 Å². The molecular formula is C32H32N2O5. The second-order valence-corrected chi connectivity index (χ2v) is 9.92. The highest BCUT2D eigenvalue weighted by Crippen LogP contribution is 2.36. The van der Waals surface area contributed by atoms with Crippen LogP contribution < -0.4 is 9.64 Å². The minimum absolute atomic E-state index is 0.119. The van der Waals surface area contributed by atoms with Crippen molar-refractivity contribution >= 4 is 29.5 Å². The molecule has 0 aromatic heterocycles. The number of benzene rings is 3. The third-order valence-electron chi connectivity index (χ3n) is 7.04. The number of piperidine rings is 1. The molecular weight excluding hydrogens is 492 g/mol. The van der Waals surface area contributed by atoms with Crippen molar-refractivity contribution in [2.75, 3.05) is 24.6 Å². The maximum atomic E-state index is 13.5. The lowest BCUT2D eigenvalue weighted by Crippen LogP contribution is -2.42. The largest absolute Gasteiger partial charge is 0.466 e. The van der Waals surface area contributed by atoms with E-state index in [9.17, 15) is 14.4 Å². The third kappa shape index (κ3) is 5.87. The number of carbonyl (C=O) groups is 3. The van der Waals surface area contributed by atoms with Gasteiger partial charge in [-0.2, -0.15) is 0 Å². The smallest absolute Gasteiger partial charge is 0.310 e. The number of hydrogen-bond donors (Lipinski definition) is 0. The number of rotatable bonds is 6. The molecule has 7 nitrogen and oxygen atoms in total. The first-order valence-electron chi connectivity index (χ1n) is 13.3. The van der Waals surface area contributed by atoms with Crippen LogP contribution in [0.15, 0.2) is 78.6 Å². The Morgan fingerprint density at radius 1 is 1.05 bits per heavy atom. The lowest BCUT2D eigenvalue weighted by Gasteiger charge is -2.31. The van der Waals surface area contributed by atoms with Crippen LogP contribution in [0.25, 0.3) is 6.08 Å². The molecule has 5 rings (SSSR count). The van der Waals surface area contributed by atoms with Gasteiger partial charge in [-0.05, 0) is 68.2 Å². The molecule has 0 saturated carbocycles. The Balaban J connectivity index is 1.34. The molecule has 3 aromatic carbocycles. The van der Waals surface area contributed by atoms with Crippen molar-refractivity contribution in [2.45, 2.75) is 33.2 Å². The van der Waals surface area contributed by atoms with Gasteiger partial charge < -0.3 is 14.4 Å². The molecule has 1 atom stereocenters. The molecule has 0 N–H and O–H groups in total. The second-order valence-electron chi connectivity index (χ2n) is 9.92. The number of fused-ring (bicyclic) bond motifs is 1. The maximum Gasteiger partial charge on any atom is 0.310 e. The zero-order chi connectivity index (χ0) is 27.4. The van der Waals surface area contributed by atoms with E-state index in [1.165, 1.54) is 0 Å². The molecule has 2 amide bonds. The lowest BCUT2D eigenvalue weighted by atomic mass is 9.97. The predicted molar refractivity (Wildman–Crippen MR) is 149 cm³/mol. The summed E-state index contributed by atoms with van der Waals surface area (Å²) in [6.07, 6.45) is 3.19. The highest BCUT2D eigenvalue weighted by molar-refractivity contribution is 6.09.